The molecule has 19 N–H and O–H groups in total. The number of aromatic nitrogens is 2. The molecule has 0 spiro atoms. The lowest BCUT2D eigenvalue weighted by Crippen LogP contribution is -2.61. The van der Waals surface area contributed by atoms with Crippen molar-refractivity contribution >= 4 is 93.3 Å². The molecule has 6 rings (SSSR count). The average molecular weight is 1330 g/mol. The van der Waals surface area contributed by atoms with Gasteiger partial charge in [0.2, 0.25) is 65.0 Å². The van der Waals surface area contributed by atoms with Crippen LogP contribution in [0.25, 0.3) is 10.8 Å². The highest BCUT2D eigenvalue weighted by Gasteiger charge is 2.40. The van der Waals surface area contributed by atoms with Crippen molar-refractivity contribution in [1.82, 2.24) is 57.4 Å². The number of aliphatic hydroxyl groups is 1. The van der Waals surface area contributed by atoms with Crippen molar-refractivity contribution in [1.29, 1.82) is 0 Å². The van der Waals surface area contributed by atoms with Crippen LogP contribution in [0.1, 0.15) is 81.5 Å². The molecule has 508 valence electrons. The molecule has 0 aliphatic carbocycles. The van der Waals surface area contributed by atoms with Gasteiger partial charge in [0.15, 0.2) is 5.96 Å². The van der Waals surface area contributed by atoms with Crippen LogP contribution in [0, 0.1) is 5.92 Å². The average Bonchev–Trinajstić information content (AvgIpc) is 1.85. The number of fused-ring (bicyclic) bond motifs is 1. The number of primary amides is 2. The van der Waals surface area contributed by atoms with Gasteiger partial charge in [0, 0.05) is 62.2 Å². The summed E-state index contributed by atoms with van der Waals surface area (Å²) in [6.45, 7) is 4.02. The van der Waals surface area contributed by atoms with Crippen LogP contribution in [0.15, 0.2) is 121 Å². The zero-order valence-corrected chi connectivity index (χ0v) is 53.8. The summed E-state index contributed by atoms with van der Waals surface area (Å²) in [4.78, 5) is 166. The highest BCUT2D eigenvalue weighted by Crippen LogP contribution is 2.22. The zero-order chi connectivity index (χ0) is 69.3. The number of aliphatic hydroxyl groups excluding tert-OH is 1. The first kappa shape index (κ1) is 73.9. The number of nitrogens with one attached hydrogen (secondary N) is 8. The van der Waals surface area contributed by atoms with Gasteiger partial charge in [-0.25, -0.2) is 0 Å². The van der Waals surface area contributed by atoms with Gasteiger partial charge in [-0.1, -0.05) is 92.2 Å². The minimum atomic E-state index is -1.87. The molecule has 29 nitrogen and oxygen atoms in total. The highest BCUT2D eigenvalue weighted by atomic mass is 35.5. The van der Waals surface area contributed by atoms with Crippen LogP contribution in [0.4, 0.5) is 0 Å². The number of likely N-dealkylation sites (tertiary alicyclic amines) is 1. The van der Waals surface area contributed by atoms with Crippen molar-refractivity contribution in [3.05, 3.63) is 143 Å². The second kappa shape index (κ2) is 36.4. The maximum atomic E-state index is 14.6. The van der Waals surface area contributed by atoms with Crippen LogP contribution in [0.3, 0.4) is 0 Å². The minimum Gasteiger partial charge on any atom is -0.394 e. The van der Waals surface area contributed by atoms with E-state index in [0.717, 1.165) is 16.3 Å². The van der Waals surface area contributed by atoms with Gasteiger partial charge in [0.05, 0.1) is 19.1 Å². The van der Waals surface area contributed by atoms with Crippen LogP contribution in [-0.2, 0) is 78.4 Å². The van der Waals surface area contributed by atoms with E-state index in [1.54, 1.807) is 62.4 Å². The van der Waals surface area contributed by atoms with Crippen LogP contribution >= 0.6 is 11.6 Å². The van der Waals surface area contributed by atoms with Crippen molar-refractivity contribution in [3.63, 3.8) is 0 Å². The molecule has 1 fully saturated rings. The van der Waals surface area contributed by atoms with E-state index >= 15 is 0 Å². The molecule has 30 heteroatoms. The molecular formula is C65H84ClN17O12. The summed E-state index contributed by atoms with van der Waals surface area (Å²) in [7, 11) is 0. The summed E-state index contributed by atoms with van der Waals surface area (Å²) in [6, 6.07) is 12.0. The first-order valence-corrected chi connectivity index (χ1v) is 31.4. The van der Waals surface area contributed by atoms with E-state index in [9.17, 15) is 57.8 Å². The van der Waals surface area contributed by atoms with Crippen molar-refractivity contribution in [2.45, 2.75) is 145 Å². The fourth-order valence-corrected chi connectivity index (χ4v) is 10.8. The lowest BCUT2D eigenvalue weighted by molar-refractivity contribution is -0.142. The number of carbonyl (C=O) groups excluding carboxylic acids is 11. The van der Waals surface area contributed by atoms with Crippen molar-refractivity contribution in [3.8, 4) is 0 Å². The summed E-state index contributed by atoms with van der Waals surface area (Å²) >= 11 is 6.18. The normalized spacial score (nSPS) is 15.6. The molecule has 2 aromatic heterocycles. The standard InChI is InChI=1S/C65H84ClN17O12/c1-36(2)27-47(57(88)76-46(17-9-25-74-65(70)71)64(95)83-26-10-18-53(83)63(94)75-37(3)55(69)86)78-59(90)49(29-39-11-7-23-72-33-39)80-61(92)51(32-54(68)85)81-62(93)52(35-84)82-60(91)50(30-40-12-8-24-73-34-40)79-58(89)48(28-38-19-21-43(66)22-20-38)77-56(87)45(67)31-42-15-6-14-41-13-4-5-16-44(41)42/h4-8,11-16,19-24,33-34,36-37,45-53,84H,9-10,17-18,25-32,35,67H2,1-3H3,(H2,68,85)(H2,69,86)(H,75,94)(H,76,88)(H,77,87)(H,78,90)(H,79,89)(H,80,92)(H,81,93)(H,82,91)(H4,70,71,74)/t37-,45-,46+,47+,48-,49-,50-,51+,52+,53+/m1/s1. The fraction of sp³-hybridized carbons (Fsp3) is 0.415. The monoisotopic (exact) mass is 1330 g/mol. The number of nitrogens with two attached hydrogens (primary N) is 5. The van der Waals surface area contributed by atoms with Crippen molar-refractivity contribution in [2.75, 3.05) is 19.7 Å². The van der Waals surface area contributed by atoms with Gasteiger partial charge in [-0.2, -0.15) is 0 Å². The molecule has 95 heavy (non-hydrogen) atoms. The number of amides is 11. The quantitative estimate of drug-likeness (QED) is 0.0121. The van der Waals surface area contributed by atoms with Gasteiger partial charge in [-0.15, -0.1) is 0 Å². The third kappa shape index (κ3) is 23.1. The van der Waals surface area contributed by atoms with E-state index < -0.39 is 138 Å². The molecule has 3 aromatic carbocycles. The fourth-order valence-electron chi connectivity index (χ4n) is 10.7. The summed E-state index contributed by atoms with van der Waals surface area (Å²) in [5, 5.41) is 33.6. The Hall–Kier alpha value is -10.1. The topological polar surface area (TPSA) is 476 Å². The van der Waals surface area contributed by atoms with Gasteiger partial charge in [0.1, 0.15) is 54.4 Å². The molecule has 0 radical (unpaired) electrons. The number of hydrogen-bond acceptors (Lipinski definition) is 16. The lowest BCUT2D eigenvalue weighted by Gasteiger charge is -2.31. The van der Waals surface area contributed by atoms with E-state index in [0.29, 0.717) is 28.1 Å². The van der Waals surface area contributed by atoms with Gasteiger partial charge < -0.3 is 81.2 Å². The van der Waals surface area contributed by atoms with E-state index in [-0.39, 0.29) is 76.3 Å². The van der Waals surface area contributed by atoms with Gasteiger partial charge in [-0.3, -0.25) is 67.7 Å². The molecule has 0 unspecified atom stereocenters. The van der Waals surface area contributed by atoms with Gasteiger partial charge in [0.25, 0.3) is 0 Å². The predicted octanol–water partition coefficient (Wildman–Crippen LogP) is -1.78. The number of carbonyl (C=O) groups is 11. The smallest absolute Gasteiger partial charge is 0.245 e. The van der Waals surface area contributed by atoms with Gasteiger partial charge in [-0.05, 0) is 109 Å². The largest absolute Gasteiger partial charge is 0.394 e. The molecule has 1 aliphatic rings. The van der Waals surface area contributed by atoms with Crippen LogP contribution in [0.5, 0.6) is 0 Å². The molecule has 0 saturated carbocycles. The Morgan fingerprint density at radius 3 is 1.66 bits per heavy atom. The Bertz CT molecular complexity index is 3520. The number of nitrogens with zero attached hydrogens (tertiary/aromatic N) is 4. The van der Waals surface area contributed by atoms with Crippen molar-refractivity contribution < 1.29 is 57.8 Å². The third-order valence-electron chi connectivity index (χ3n) is 15.6. The maximum absolute atomic E-state index is 14.6. The number of aliphatic imine (C=N–C) groups is 1. The van der Waals surface area contributed by atoms with Gasteiger partial charge >= 0.3 is 0 Å². The number of pyridine rings is 2. The third-order valence-corrected chi connectivity index (χ3v) is 15.9. The summed E-state index contributed by atoms with van der Waals surface area (Å²) in [6.07, 6.45) is 5.20. The molecule has 10 atom stereocenters. The van der Waals surface area contributed by atoms with E-state index in [2.05, 4.69) is 57.5 Å². The van der Waals surface area contributed by atoms with Crippen LogP contribution < -0.4 is 71.2 Å². The number of benzene rings is 3. The Morgan fingerprint density at radius 1 is 0.589 bits per heavy atom. The summed E-state index contributed by atoms with van der Waals surface area (Å²) in [5.41, 5.74) is 30.8. The Labute approximate surface area is 554 Å². The summed E-state index contributed by atoms with van der Waals surface area (Å²) < 4.78 is 0. The molecule has 3 heterocycles. The van der Waals surface area contributed by atoms with E-state index in [1.165, 1.54) is 36.6 Å². The number of halogens is 1. The first-order chi connectivity index (χ1) is 45.3. The van der Waals surface area contributed by atoms with Crippen LogP contribution in [0.2, 0.25) is 5.02 Å². The van der Waals surface area contributed by atoms with E-state index in [4.69, 9.17) is 40.3 Å². The zero-order valence-electron chi connectivity index (χ0n) is 53.0. The number of rotatable bonds is 35. The highest BCUT2D eigenvalue weighted by molar-refractivity contribution is 6.30. The number of guanidine groups is 1. The molecule has 0 bridgehead atoms. The first-order valence-electron chi connectivity index (χ1n) is 31.0. The molecule has 11 amide bonds. The molecule has 1 aliphatic heterocycles. The summed E-state index contributed by atoms with van der Waals surface area (Å²) in [5.74, 6) is -10.3. The molecular weight excluding hydrogens is 1250 g/mol. The Kier molecular flexibility index (Phi) is 28.3. The Morgan fingerprint density at radius 2 is 1.11 bits per heavy atom. The van der Waals surface area contributed by atoms with Crippen molar-refractivity contribution in [2.24, 2.45) is 39.6 Å². The Balaban J connectivity index is 1.20. The second-order valence-corrected chi connectivity index (χ2v) is 24.0. The maximum Gasteiger partial charge on any atom is 0.245 e. The lowest BCUT2D eigenvalue weighted by atomic mass is 9.98. The predicted molar refractivity (Wildman–Crippen MR) is 352 cm³/mol. The SMILES string of the molecule is CC(C)C[C@H](NC(=O)[C@@H](Cc1cccnc1)NC(=O)[C@H](CC(N)=O)NC(=O)[C@H](CO)NC(=O)[C@@H](Cc1cccnc1)NC(=O)[C@@H](Cc1ccc(Cl)cc1)NC(=O)[C@H](N)Cc1cccc2ccccc12)C(=O)N[C@@H](CCCN=C(N)N)C(=O)N1CCC[C@H]1C(=O)N[C@H](C)C(N)=O. The second-order valence-electron chi connectivity index (χ2n) is 23.6. The molecule has 5 aromatic rings. The van der Waals surface area contributed by atoms with Crippen LogP contribution in [-0.4, -0.2) is 171 Å². The molecule has 1 saturated heterocycles. The van der Waals surface area contributed by atoms with E-state index in [1.807, 2.05) is 42.5 Å². The number of hydrogen-bond donors (Lipinski definition) is 14. The minimum absolute atomic E-state index is 0.0103.